The van der Waals surface area contributed by atoms with Gasteiger partial charge in [-0.05, 0) is 63.2 Å². The van der Waals surface area contributed by atoms with Crippen molar-refractivity contribution in [1.29, 1.82) is 0 Å². The fourth-order valence-electron chi connectivity index (χ4n) is 2.22. The summed E-state index contributed by atoms with van der Waals surface area (Å²) in [6.07, 6.45) is 0. The smallest absolute Gasteiger partial charge is 0.324 e. The number of halogens is 1. The summed E-state index contributed by atoms with van der Waals surface area (Å²) >= 11 is 2.20. The summed E-state index contributed by atoms with van der Waals surface area (Å²) < 4.78 is 5.78. The Kier molecular flexibility index (Phi) is 4.03. The lowest BCUT2D eigenvalue weighted by atomic mass is 10.1. The van der Waals surface area contributed by atoms with Gasteiger partial charge in [-0.25, -0.2) is 4.63 Å². The van der Waals surface area contributed by atoms with E-state index in [9.17, 15) is 10.1 Å². The summed E-state index contributed by atoms with van der Waals surface area (Å²) in [6.45, 7) is 0. The van der Waals surface area contributed by atoms with E-state index in [1.54, 1.807) is 11.0 Å². The SMILES string of the molecule is CN(C)c1cc(Nc2ccc(I)cc2)c([N+](=O)[O-])c2nonc12. The first kappa shape index (κ1) is 15.5. The molecule has 0 saturated carbocycles. The van der Waals surface area contributed by atoms with Crippen LogP contribution in [-0.2, 0) is 0 Å². The van der Waals surface area contributed by atoms with Gasteiger partial charge in [0.15, 0.2) is 5.52 Å². The number of rotatable bonds is 4. The lowest BCUT2D eigenvalue weighted by molar-refractivity contribution is -0.382. The molecule has 0 aliphatic heterocycles. The highest BCUT2D eigenvalue weighted by atomic mass is 127. The minimum atomic E-state index is -0.485. The molecule has 9 heteroatoms. The van der Waals surface area contributed by atoms with E-state index in [4.69, 9.17) is 4.63 Å². The lowest BCUT2D eigenvalue weighted by Gasteiger charge is -2.15. The van der Waals surface area contributed by atoms with Crippen LogP contribution in [0.5, 0.6) is 0 Å². The second kappa shape index (κ2) is 5.99. The summed E-state index contributed by atoms with van der Waals surface area (Å²) in [6, 6.07) is 9.20. The zero-order chi connectivity index (χ0) is 16.6. The molecule has 1 N–H and O–H groups in total. The molecule has 0 spiro atoms. The second-order valence-corrected chi connectivity index (χ2v) is 6.28. The van der Waals surface area contributed by atoms with Gasteiger partial charge in [-0.1, -0.05) is 0 Å². The molecule has 2 aromatic carbocycles. The quantitative estimate of drug-likeness (QED) is 0.388. The Morgan fingerprint density at radius 2 is 1.87 bits per heavy atom. The third-order valence-corrected chi connectivity index (χ3v) is 4.00. The zero-order valence-corrected chi connectivity index (χ0v) is 14.4. The van der Waals surface area contributed by atoms with Crippen LogP contribution in [0.1, 0.15) is 0 Å². The Morgan fingerprint density at radius 1 is 1.22 bits per heavy atom. The highest BCUT2D eigenvalue weighted by Crippen LogP contribution is 2.39. The maximum absolute atomic E-state index is 11.5. The van der Waals surface area contributed by atoms with Crippen molar-refractivity contribution >= 4 is 56.4 Å². The Bertz CT molecular complexity index is 876. The van der Waals surface area contributed by atoms with E-state index in [-0.39, 0.29) is 11.2 Å². The molecular formula is C14H12IN5O3. The van der Waals surface area contributed by atoms with Gasteiger partial charge in [-0.2, -0.15) is 0 Å². The van der Waals surface area contributed by atoms with E-state index in [0.29, 0.717) is 16.9 Å². The van der Waals surface area contributed by atoms with Crippen molar-refractivity contribution in [1.82, 2.24) is 10.3 Å². The van der Waals surface area contributed by atoms with Gasteiger partial charge in [-0.3, -0.25) is 10.1 Å². The van der Waals surface area contributed by atoms with Crippen LogP contribution in [0, 0.1) is 13.7 Å². The Hall–Kier alpha value is -2.43. The van der Waals surface area contributed by atoms with E-state index >= 15 is 0 Å². The normalized spacial score (nSPS) is 10.7. The minimum absolute atomic E-state index is 0.120. The van der Waals surface area contributed by atoms with Gasteiger partial charge < -0.3 is 10.2 Å². The summed E-state index contributed by atoms with van der Waals surface area (Å²) in [7, 11) is 3.65. The summed E-state index contributed by atoms with van der Waals surface area (Å²) in [4.78, 5) is 12.8. The molecule has 0 fully saturated rings. The molecule has 3 rings (SSSR count). The molecule has 23 heavy (non-hydrogen) atoms. The van der Waals surface area contributed by atoms with Crippen LogP contribution in [0.25, 0.3) is 11.0 Å². The third-order valence-electron chi connectivity index (χ3n) is 3.28. The molecule has 1 aromatic heterocycles. The van der Waals surface area contributed by atoms with Crippen molar-refractivity contribution in [3.8, 4) is 0 Å². The van der Waals surface area contributed by atoms with Crippen LogP contribution in [0.15, 0.2) is 35.0 Å². The van der Waals surface area contributed by atoms with Gasteiger partial charge in [0.1, 0.15) is 5.69 Å². The third kappa shape index (κ3) is 2.91. The first-order valence-corrected chi connectivity index (χ1v) is 7.69. The van der Waals surface area contributed by atoms with Crippen molar-refractivity contribution < 1.29 is 9.55 Å². The lowest BCUT2D eigenvalue weighted by Crippen LogP contribution is -2.10. The molecule has 1 heterocycles. The molecule has 0 unspecified atom stereocenters. The van der Waals surface area contributed by atoms with Crippen molar-refractivity contribution in [2.75, 3.05) is 24.3 Å². The van der Waals surface area contributed by atoms with Gasteiger partial charge in [0.2, 0.25) is 5.52 Å². The molecule has 0 radical (unpaired) electrons. The molecule has 0 aliphatic carbocycles. The maximum atomic E-state index is 11.5. The van der Waals surface area contributed by atoms with Gasteiger partial charge in [0.05, 0.1) is 10.6 Å². The highest BCUT2D eigenvalue weighted by molar-refractivity contribution is 14.1. The molecule has 0 bridgehead atoms. The van der Waals surface area contributed by atoms with Crippen LogP contribution in [0.4, 0.5) is 22.7 Å². The molecule has 8 nitrogen and oxygen atoms in total. The monoisotopic (exact) mass is 425 g/mol. The van der Waals surface area contributed by atoms with Crippen molar-refractivity contribution in [3.05, 3.63) is 44.0 Å². The minimum Gasteiger partial charge on any atom is -0.376 e. The Balaban J connectivity index is 2.19. The summed E-state index contributed by atoms with van der Waals surface area (Å²) in [5, 5.41) is 22.1. The van der Waals surface area contributed by atoms with E-state index in [0.717, 1.165) is 9.26 Å². The van der Waals surface area contributed by atoms with Crippen molar-refractivity contribution in [2.24, 2.45) is 0 Å². The Labute approximate surface area is 144 Å². The second-order valence-electron chi connectivity index (χ2n) is 5.04. The molecule has 3 aromatic rings. The van der Waals surface area contributed by atoms with Crippen LogP contribution < -0.4 is 10.2 Å². The average molecular weight is 425 g/mol. The average Bonchev–Trinajstić information content (AvgIpc) is 2.97. The number of hydrogen-bond acceptors (Lipinski definition) is 7. The number of benzene rings is 2. The molecule has 118 valence electrons. The van der Waals surface area contributed by atoms with Crippen LogP contribution in [0.2, 0.25) is 0 Å². The van der Waals surface area contributed by atoms with Crippen LogP contribution >= 0.6 is 22.6 Å². The topological polar surface area (TPSA) is 97.3 Å². The number of nitrogens with one attached hydrogen (secondary N) is 1. The largest absolute Gasteiger partial charge is 0.376 e. The highest BCUT2D eigenvalue weighted by Gasteiger charge is 2.26. The van der Waals surface area contributed by atoms with Gasteiger partial charge in [0, 0.05) is 23.4 Å². The van der Waals surface area contributed by atoms with E-state index in [2.05, 4.69) is 38.2 Å². The van der Waals surface area contributed by atoms with E-state index in [1.165, 1.54) is 0 Å². The number of nitrogens with zero attached hydrogens (tertiary/aromatic N) is 4. The molecule has 0 aliphatic rings. The van der Waals surface area contributed by atoms with Crippen LogP contribution in [-0.4, -0.2) is 29.3 Å². The molecule has 0 saturated heterocycles. The number of aromatic nitrogens is 2. The molecule has 0 atom stereocenters. The summed E-state index contributed by atoms with van der Waals surface area (Å²) in [5.74, 6) is 0. The number of nitro groups is 1. The first-order valence-electron chi connectivity index (χ1n) is 6.61. The molecular weight excluding hydrogens is 413 g/mol. The maximum Gasteiger partial charge on any atom is 0.324 e. The van der Waals surface area contributed by atoms with Crippen molar-refractivity contribution in [2.45, 2.75) is 0 Å². The number of fused-ring (bicyclic) bond motifs is 1. The zero-order valence-electron chi connectivity index (χ0n) is 12.3. The molecule has 0 amide bonds. The first-order chi connectivity index (χ1) is 11.0. The standard InChI is InChI=1S/C14H12IN5O3/c1-19(2)11-7-10(16-9-5-3-8(15)4-6-9)14(20(21)22)13-12(11)17-23-18-13/h3-7,16H,1-2H3. The Morgan fingerprint density at radius 3 is 2.48 bits per heavy atom. The van der Waals surface area contributed by atoms with Crippen LogP contribution in [0.3, 0.4) is 0 Å². The van der Waals surface area contributed by atoms with Crippen molar-refractivity contribution in [3.63, 3.8) is 0 Å². The van der Waals surface area contributed by atoms with Gasteiger partial charge in [0.25, 0.3) is 0 Å². The van der Waals surface area contributed by atoms with E-state index in [1.807, 2.05) is 38.4 Å². The van der Waals surface area contributed by atoms with Gasteiger partial charge in [-0.15, -0.1) is 0 Å². The number of anilines is 3. The predicted octanol–water partition coefficient (Wildman–Crippen LogP) is 3.55. The summed E-state index contributed by atoms with van der Waals surface area (Å²) in [5.41, 5.74) is 2.08. The van der Waals surface area contributed by atoms with E-state index < -0.39 is 4.92 Å². The number of hydrogen-bond donors (Lipinski definition) is 1. The number of nitro benzene ring substituents is 1. The fraction of sp³-hybridized carbons (Fsp3) is 0.143. The van der Waals surface area contributed by atoms with Gasteiger partial charge >= 0.3 is 5.69 Å². The predicted molar refractivity (Wildman–Crippen MR) is 95.2 cm³/mol. The fourth-order valence-corrected chi connectivity index (χ4v) is 2.58.